The first kappa shape index (κ1) is 18.9. The molecule has 4 aromatic rings. The Morgan fingerprint density at radius 3 is 2.79 bits per heavy atom. The summed E-state index contributed by atoms with van der Waals surface area (Å²) in [5, 5.41) is 12.0. The van der Waals surface area contributed by atoms with Crippen LogP contribution >= 0.6 is 0 Å². The van der Waals surface area contributed by atoms with E-state index in [9.17, 15) is 4.79 Å². The molecule has 3 aromatic heterocycles. The zero-order valence-corrected chi connectivity index (χ0v) is 16.7. The molecule has 7 nitrogen and oxygen atoms in total. The van der Waals surface area contributed by atoms with Crippen LogP contribution in [0.2, 0.25) is 0 Å². The number of amides is 1. The van der Waals surface area contributed by atoms with Gasteiger partial charge in [0, 0.05) is 18.4 Å². The summed E-state index contributed by atoms with van der Waals surface area (Å²) in [6.07, 6.45) is 4.49. The molecule has 0 saturated heterocycles. The van der Waals surface area contributed by atoms with Gasteiger partial charge in [-0.2, -0.15) is 5.10 Å². The maximum atomic E-state index is 12.9. The van der Waals surface area contributed by atoms with Crippen LogP contribution in [0.3, 0.4) is 0 Å². The van der Waals surface area contributed by atoms with Crippen LogP contribution in [0, 0.1) is 6.92 Å². The summed E-state index contributed by atoms with van der Waals surface area (Å²) in [7, 11) is 0. The number of hydrogen-bond donors (Lipinski definition) is 1. The van der Waals surface area contributed by atoms with E-state index >= 15 is 0 Å². The Hall–Kier alpha value is -3.48. The zero-order valence-electron chi connectivity index (χ0n) is 16.7. The third-order valence-electron chi connectivity index (χ3n) is 4.83. The molecule has 0 bridgehead atoms. The Morgan fingerprint density at radius 2 is 2.03 bits per heavy atom. The number of nitrogens with one attached hydrogen (secondary N) is 1. The van der Waals surface area contributed by atoms with Gasteiger partial charge in [0.05, 0.1) is 28.5 Å². The monoisotopic (exact) mass is 389 g/mol. The normalized spacial score (nSPS) is 11.3. The third kappa shape index (κ3) is 3.89. The Morgan fingerprint density at radius 1 is 1.24 bits per heavy atom. The van der Waals surface area contributed by atoms with Crippen molar-refractivity contribution in [1.82, 2.24) is 25.2 Å². The van der Waals surface area contributed by atoms with Crippen molar-refractivity contribution in [2.24, 2.45) is 0 Å². The van der Waals surface area contributed by atoms with Crippen molar-refractivity contribution in [2.45, 2.75) is 33.1 Å². The minimum Gasteiger partial charge on any atom is -0.352 e. The van der Waals surface area contributed by atoms with Crippen LogP contribution < -0.4 is 5.32 Å². The maximum absolute atomic E-state index is 12.9. The summed E-state index contributed by atoms with van der Waals surface area (Å²) < 4.78 is 7.13. The van der Waals surface area contributed by atoms with E-state index in [0.717, 1.165) is 16.9 Å². The molecule has 29 heavy (non-hydrogen) atoms. The first-order chi connectivity index (χ1) is 14.0. The fourth-order valence-electron chi connectivity index (χ4n) is 3.22. The number of aromatic nitrogens is 4. The number of para-hydroxylation sites is 1. The van der Waals surface area contributed by atoms with Gasteiger partial charge in [0.2, 0.25) is 0 Å². The Kier molecular flexibility index (Phi) is 5.12. The molecule has 0 atom stereocenters. The van der Waals surface area contributed by atoms with Crippen LogP contribution in [-0.2, 0) is 6.42 Å². The quantitative estimate of drug-likeness (QED) is 0.542. The molecule has 0 aliphatic heterocycles. The third-order valence-corrected chi connectivity index (χ3v) is 4.83. The molecular formula is C22H23N5O2. The number of aryl methyl sites for hydroxylation is 1. The van der Waals surface area contributed by atoms with E-state index in [-0.39, 0.29) is 11.8 Å². The van der Waals surface area contributed by atoms with Gasteiger partial charge in [-0.3, -0.25) is 4.79 Å². The summed E-state index contributed by atoms with van der Waals surface area (Å²) in [4.78, 5) is 17.3. The fourth-order valence-corrected chi connectivity index (χ4v) is 3.22. The highest BCUT2D eigenvalue weighted by atomic mass is 16.5. The van der Waals surface area contributed by atoms with E-state index in [2.05, 4.69) is 20.6 Å². The molecule has 4 rings (SSSR count). The number of hydrogen-bond acceptors (Lipinski definition) is 5. The van der Waals surface area contributed by atoms with Gasteiger partial charge in [0.1, 0.15) is 0 Å². The molecular weight excluding hydrogens is 366 g/mol. The van der Waals surface area contributed by atoms with Crippen molar-refractivity contribution in [3.8, 4) is 5.69 Å². The van der Waals surface area contributed by atoms with Gasteiger partial charge in [0.25, 0.3) is 11.6 Å². The predicted octanol–water partition coefficient (Wildman–Crippen LogP) is 3.81. The first-order valence-corrected chi connectivity index (χ1v) is 9.67. The lowest BCUT2D eigenvalue weighted by Gasteiger charge is -2.09. The van der Waals surface area contributed by atoms with Gasteiger partial charge in [-0.05, 0) is 43.0 Å². The largest absolute Gasteiger partial charge is 0.352 e. The van der Waals surface area contributed by atoms with Gasteiger partial charge in [0.15, 0.2) is 0 Å². The summed E-state index contributed by atoms with van der Waals surface area (Å²) in [6, 6.07) is 11.8. The molecule has 0 aliphatic rings. The molecule has 1 aromatic carbocycles. The molecule has 0 aliphatic carbocycles. The lowest BCUT2D eigenvalue weighted by atomic mass is 10.0. The van der Waals surface area contributed by atoms with Gasteiger partial charge >= 0.3 is 0 Å². The summed E-state index contributed by atoms with van der Waals surface area (Å²) in [5.74, 6) is 0.0289. The molecule has 0 radical (unpaired) electrons. The Balaban J connectivity index is 1.47. The number of pyridine rings is 1. The molecule has 0 unspecified atom stereocenters. The zero-order chi connectivity index (χ0) is 20.4. The van der Waals surface area contributed by atoms with Crippen LogP contribution in [0.25, 0.3) is 16.8 Å². The lowest BCUT2D eigenvalue weighted by molar-refractivity contribution is 0.0955. The van der Waals surface area contributed by atoms with E-state index in [4.69, 9.17) is 4.52 Å². The summed E-state index contributed by atoms with van der Waals surface area (Å²) in [6.45, 7) is 6.38. The van der Waals surface area contributed by atoms with Crippen molar-refractivity contribution in [1.29, 1.82) is 0 Å². The minimum absolute atomic E-state index is 0.152. The number of fused-ring (bicyclic) bond motifs is 1. The topological polar surface area (TPSA) is 85.8 Å². The molecule has 148 valence electrons. The van der Waals surface area contributed by atoms with E-state index in [1.807, 2.05) is 74.2 Å². The highest BCUT2D eigenvalue weighted by molar-refractivity contribution is 6.06. The van der Waals surface area contributed by atoms with Crippen molar-refractivity contribution in [3.63, 3.8) is 0 Å². The van der Waals surface area contributed by atoms with Crippen LogP contribution in [0.1, 0.15) is 47.1 Å². The first-order valence-electron chi connectivity index (χ1n) is 9.67. The van der Waals surface area contributed by atoms with Gasteiger partial charge in [-0.15, -0.1) is 0 Å². The van der Waals surface area contributed by atoms with Crippen molar-refractivity contribution >= 4 is 17.0 Å². The second-order valence-corrected chi connectivity index (χ2v) is 7.33. The van der Waals surface area contributed by atoms with Crippen LogP contribution in [0.15, 0.2) is 53.3 Å². The average Bonchev–Trinajstić information content (AvgIpc) is 3.35. The van der Waals surface area contributed by atoms with Gasteiger partial charge < -0.3 is 9.84 Å². The van der Waals surface area contributed by atoms with Crippen LogP contribution in [-0.4, -0.2) is 32.4 Å². The lowest BCUT2D eigenvalue weighted by Crippen LogP contribution is -2.26. The van der Waals surface area contributed by atoms with Crippen molar-refractivity contribution in [3.05, 3.63) is 71.3 Å². The fraction of sp³-hybridized carbons (Fsp3) is 0.273. The molecule has 0 spiro atoms. The van der Waals surface area contributed by atoms with Gasteiger partial charge in [-0.25, -0.2) is 9.67 Å². The van der Waals surface area contributed by atoms with Gasteiger partial charge in [-0.1, -0.05) is 37.2 Å². The van der Waals surface area contributed by atoms with E-state index in [1.54, 1.807) is 0 Å². The summed E-state index contributed by atoms with van der Waals surface area (Å²) >= 11 is 0. The molecule has 1 N–H and O–H groups in total. The smallest absolute Gasteiger partial charge is 0.259 e. The Bertz CT molecular complexity index is 1140. The molecule has 1 amide bonds. The number of nitrogens with zero attached hydrogens (tertiary/aromatic N) is 4. The van der Waals surface area contributed by atoms with E-state index in [0.29, 0.717) is 35.3 Å². The average molecular weight is 389 g/mol. The molecule has 0 saturated carbocycles. The highest BCUT2D eigenvalue weighted by Gasteiger charge is 2.19. The van der Waals surface area contributed by atoms with E-state index < -0.39 is 0 Å². The van der Waals surface area contributed by atoms with Crippen LogP contribution in [0.5, 0.6) is 0 Å². The van der Waals surface area contributed by atoms with Crippen molar-refractivity contribution in [2.75, 3.05) is 6.54 Å². The number of carbonyl (C=O) groups excluding carboxylic acids is 1. The second-order valence-electron chi connectivity index (χ2n) is 7.33. The number of carbonyl (C=O) groups is 1. The number of benzene rings is 1. The summed E-state index contributed by atoms with van der Waals surface area (Å²) in [5.41, 5.74) is 4.49. The minimum atomic E-state index is -0.152. The Labute approximate surface area is 168 Å². The molecule has 7 heteroatoms. The number of rotatable bonds is 6. The molecule has 0 fully saturated rings. The standard InChI is InChI=1S/C22H23N5O2/c1-14(2)19-11-18(20-15(3)26-29-22(20)25-19)21(28)23-10-9-16-12-24-27(13-16)17-7-5-4-6-8-17/h4-8,11-14H,9-10H2,1-3H3,(H,23,28). The SMILES string of the molecule is Cc1noc2nc(C(C)C)cc(C(=O)NCCc3cnn(-c4ccccc4)c3)c12. The highest BCUT2D eigenvalue weighted by Crippen LogP contribution is 2.25. The predicted molar refractivity (Wildman–Crippen MR) is 110 cm³/mol. The van der Waals surface area contributed by atoms with Crippen molar-refractivity contribution < 1.29 is 9.32 Å². The molecule has 3 heterocycles. The van der Waals surface area contributed by atoms with Crippen LogP contribution in [0.4, 0.5) is 0 Å². The second kappa shape index (κ2) is 7.87. The van der Waals surface area contributed by atoms with E-state index in [1.165, 1.54) is 0 Å². The maximum Gasteiger partial charge on any atom is 0.259 e.